The highest BCUT2D eigenvalue weighted by Gasteiger charge is 2.32. The number of urea groups is 1. The number of rotatable bonds is 4. The van der Waals surface area contributed by atoms with Crippen LogP contribution in [0, 0.1) is 11.8 Å². The fraction of sp³-hybridized carbons (Fsp3) is 0.647. The number of likely N-dealkylation sites (tertiary alicyclic amines) is 1. The third-order valence-electron chi connectivity index (χ3n) is 5.12. The number of carbonyl (C=O) groups is 2. The van der Waals surface area contributed by atoms with Gasteiger partial charge >= 0.3 is 6.03 Å². The van der Waals surface area contributed by atoms with Crippen LogP contribution in [0.5, 0.6) is 0 Å². The zero-order valence-corrected chi connectivity index (χ0v) is 14.2. The number of hydrogen-bond acceptors (Lipinski definition) is 3. The summed E-state index contributed by atoms with van der Waals surface area (Å²) in [6, 6.07) is 3.86. The molecule has 0 aromatic carbocycles. The lowest BCUT2D eigenvalue weighted by molar-refractivity contribution is -0.127. The van der Waals surface area contributed by atoms with Crippen LogP contribution in [-0.2, 0) is 4.79 Å². The monoisotopic (exact) mass is 335 g/mol. The minimum Gasteiger partial charge on any atom is -0.351 e. The molecule has 3 N–H and O–H groups in total. The minimum absolute atomic E-state index is 0.0706. The molecule has 2 heterocycles. The van der Waals surface area contributed by atoms with Gasteiger partial charge in [-0.05, 0) is 43.0 Å². The van der Waals surface area contributed by atoms with Crippen LogP contribution >= 0.6 is 11.3 Å². The van der Waals surface area contributed by atoms with Gasteiger partial charge < -0.3 is 16.0 Å². The molecule has 0 bridgehead atoms. The van der Waals surface area contributed by atoms with Gasteiger partial charge in [0.05, 0.1) is 12.0 Å². The van der Waals surface area contributed by atoms with Crippen LogP contribution in [0.4, 0.5) is 4.79 Å². The van der Waals surface area contributed by atoms with Crippen molar-refractivity contribution in [1.82, 2.24) is 10.2 Å². The van der Waals surface area contributed by atoms with Gasteiger partial charge in [-0.15, -0.1) is 11.3 Å². The maximum Gasteiger partial charge on any atom is 0.314 e. The standard InChI is InChI=1S/C17H25N3O2S/c18-17(22)20-9-3-7-13(11-20)16(21)19-15(12-5-1-2-6-12)14-8-4-10-23-14/h4,8,10,12-13,15H,1-3,5-7,9,11H2,(H2,18,22)(H,19,21). The lowest BCUT2D eigenvalue weighted by Crippen LogP contribution is -2.48. The molecule has 0 spiro atoms. The maximum atomic E-state index is 12.7. The first kappa shape index (κ1) is 16.3. The van der Waals surface area contributed by atoms with Crippen molar-refractivity contribution in [3.63, 3.8) is 0 Å². The summed E-state index contributed by atoms with van der Waals surface area (Å²) in [6.07, 6.45) is 6.54. The zero-order valence-electron chi connectivity index (χ0n) is 13.4. The number of piperidine rings is 1. The second-order valence-electron chi connectivity index (χ2n) is 6.67. The highest BCUT2D eigenvalue weighted by Crippen LogP contribution is 2.37. The van der Waals surface area contributed by atoms with Crippen molar-refractivity contribution in [2.75, 3.05) is 13.1 Å². The predicted molar refractivity (Wildman–Crippen MR) is 91.0 cm³/mol. The van der Waals surface area contributed by atoms with Crippen LogP contribution in [0.15, 0.2) is 17.5 Å². The topological polar surface area (TPSA) is 75.4 Å². The van der Waals surface area contributed by atoms with E-state index in [0.717, 1.165) is 12.8 Å². The smallest absolute Gasteiger partial charge is 0.314 e. The van der Waals surface area contributed by atoms with Gasteiger partial charge in [-0.25, -0.2) is 4.79 Å². The second kappa shape index (κ2) is 7.34. The van der Waals surface area contributed by atoms with Crippen LogP contribution in [0.25, 0.3) is 0 Å². The molecule has 126 valence electrons. The van der Waals surface area contributed by atoms with E-state index < -0.39 is 6.03 Å². The number of nitrogens with two attached hydrogens (primary N) is 1. The van der Waals surface area contributed by atoms with E-state index in [1.165, 1.54) is 30.6 Å². The van der Waals surface area contributed by atoms with Crippen molar-refractivity contribution in [1.29, 1.82) is 0 Å². The third kappa shape index (κ3) is 3.86. The molecule has 2 aliphatic rings. The van der Waals surface area contributed by atoms with E-state index in [9.17, 15) is 9.59 Å². The molecule has 6 heteroatoms. The number of thiophene rings is 1. The second-order valence-corrected chi connectivity index (χ2v) is 7.65. The Kier molecular flexibility index (Phi) is 5.20. The fourth-order valence-corrected chi connectivity index (χ4v) is 4.71. The summed E-state index contributed by atoms with van der Waals surface area (Å²) in [7, 11) is 0. The average molecular weight is 335 g/mol. The molecular weight excluding hydrogens is 310 g/mol. The number of nitrogens with one attached hydrogen (secondary N) is 1. The number of nitrogens with zero attached hydrogens (tertiary/aromatic N) is 1. The molecule has 2 atom stereocenters. The Balaban J connectivity index is 1.67. The first-order valence-corrected chi connectivity index (χ1v) is 9.41. The van der Waals surface area contributed by atoms with E-state index in [2.05, 4.69) is 16.8 Å². The van der Waals surface area contributed by atoms with E-state index in [-0.39, 0.29) is 17.9 Å². The molecule has 3 amide bonds. The quantitative estimate of drug-likeness (QED) is 0.888. The summed E-state index contributed by atoms with van der Waals surface area (Å²) in [5.41, 5.74) is 5.36. The normalized spacial score (nSPS) is 23.7. The molecule has 1 saturated carbocycles. The molecule has 5 nitrogen and oxygen atoms in total. The number of primary amides is 1. The Morgan fingerprint density at radius 3 is 2.70 bits per heavy atom. The highest BCUT2D eigenvalue weighted by atomic mass is 32.1. The molecule has 1 aliphatic carbocycles. The summed E-state index contributed by atoms with van der Waals surface area (Å²) in [6.45, 7) is 1.11. The van der Waals surface area contributed by atoms with Gasteiger partial charge in [0.15, 0.2) is 0 Å². The van der Waals surface area contributed by atoms with E-state index >= 15 is 0 Å². The number of carbonyl (C=O) groups excluding carboxylic acids is 2. The van der Waals surface area contributed by atoms with E-state index in [1.54, 1.807) is 16.2 Å². The van der Waals surface area contributed by atoms with Gasteiger partial charge in [0, 0.05) is 18.0 Å². The molecule has 2 unspecified atom stereocenters. The maximum absolute atomic E-state index is 12.7. The molecular formula is C17H25N3O2S. The SMILES string of the molecule is NC(=O)N1CCCC(C(=O)NC(c2cccs2)C2CCCC2)C1. The van der Waals surface area contributed by atoms with Crippen molar-refractivity contribution < 1.29 is 9.59 Å². The van der Waals surface area contributed by atoms with Gasteiger partial charge in [0.25, 0.3) is 0 Å². The minimum atomic E-state index is -0.423. The van der Waals surface area contributed by atoms with Crippen LogP contribution in [-0.4, -0.2) is 29.9 Å². The van der Waals surface area contributed by atoms with Gasteiger partial charge in [-0.1, -0.05) is 18.9 Å². The summed E-state index contributed by atoms with van der Waals surface area (Å²) < 4.78 is 0. The molecule has 3 rings (SSSR count). The van der Waals surface area contributed by atoms with Crippen molar-refractivity contribution in [3.8, 4) is 0 Å². The Labute approximate surface area is 141 Å². The number of amides is 3. The van der Waals surface area contributed by atoms with Crippen LogP contribution < -0.4 is 11.1 Å². The van der Waals surface area contributed by atoms with Crippen molar-refractivity contribution in [2.45, 2.75) is 44.6 Å². The first-order chi connectivity index (χ1) is 11.1. The lowest BCUT2D eigenvalue weighted by Gasteiger charge is -2.32. The molecule has 1 aromatic heterocycles. The number of hydrogen-bond donors (Lipinski definition) is 2. The highest BCUT2D eigenvalue weighted by molar-refractivity contribution is 7.10. The van der Waals surface area contributed by atoms with Crippen LogP contribution in [0.2, 0.25) is 0 Å². The average Bonchev–Trinajstić information content (AvgIpc) is 3.26. The Morgan fingerprint density at radius 2 is 2.04 bits per heavy atom. The molecule has 0 radical (unpaired) electrons. The Bertz CT molecular complexity index is 540. The Hall–Kier alpha value is -1.56. The summed E-state index contributed by atoms with van der Waals surface area (Å²) in [4.78, 5) is 26.9. The van der Waals surface area contributed by atoms with Gasteiger partial charge in [0.2, 0.25) is 5.91 Å². The van der Waals surface area contributed by atoms with E-state index in [0.29, 0.717) is 19.0 Å². The zero-order chi connectivity index (χ0) is 16.2. The van der Waals surface area contributed by atoms with Crippen LogP contribution in [0.3, 0.4) is 0 Å². The third-order valence-corrected chi connectivity index (χ3v) is 6.08. The van der Waals surface area contributed by atoms with Crippen molar-refractivity contribution in [2.24, 2.45) is 17.6 Å². The summed E-state index contributed by atoms with van der Waals surface area (Å²) >= 11 is 1.71. The predicted octanol–water partition coefficient (Wildman–Crippen LogP) is 2.89. The van der Waals surface area contributed by atoms with E-state index in [4.69, 9.17) is 5.73 Å². The van der Waals surface area contributed by atoms with Crippen LogP contribution in [0.1, 0.15) is 49.4 Å². The molecule has 2 fully saturated rings. The molecule has 1 saturated heterocycles. The largest absolute Gasteiger partial charge is 0.351 e. The molecule has 1 aliphatic heterocycles. The fourth-order valence-electron chi connectivity index (χ4n) is 3.84. The summed E-state index contributed by atoms with van der Waals surface area (Å²) in [5, 5.41) is 5.35. The van der Waals surface area contributed by atoms with E-state index in [1.807, 2.05) is 6.07 Å². The lowest BCUT2D eigenvalue weighted by atomic mass is 9.93. The molecule has 1 aromatic rings. The van der Waals surface area contributed by atoms with Gasteiger partial charge in [-0.3, -0.25) is 4.79 Å². The summed E-state index contributed by atoms with van der Waals surface area (Å²) in [5.74, 6) is 0.467. The molecule has 23 heavy (non-hydrogen) atoms. The van der Waals surface area contributed by atoms with Gasteiger partial charge in [0.1, 0.15) is 0 Å². The first-order valence-electron chi connectivity index (χ1n) is 8.53. The van der Waals surface area contributed by atoms with Gasteiger partial charge in [-0.2, -0.15) is 0 Å². The van der Waals surface area contributed by atoms with Crippen molar-refractivity contribution in [3.05, 3.63) is 22.4 Å². The van der Waals surface area contributed by atoms with Crippen molar-refractivity contribution >= 4 is 23.3 Å². The Morgan fingerprint density at radius 1 is 1.26 bits per heavy atom.